The van der Waals surface area contributed by atoms with Crippen molar-refractivity contribution in [3.63, 3.8) is 0 Å². The van der Waals surface area contributed by atoms with E-state index in [-0.39, 0.29) is 17.9 Å². The van der Waals surface area contributed by atoms with Crippen molar-refractivity contribution in [1.29, 1.82) is 0 Å². The number of likely N-dealkylation sites (tertiary alicyclic amines) is 1. The fraction of sp³-hybridized carbons (Fsp3) is 0.263. The number of urea groups is 1. The lowest BCUT2D eigenvalue weighted by molar-refractivity contribution is 0.0277. The number of hydrogen-bond acceptors (Lipinski definition) is 4. The van der Waals surface area contributed by atoms with Gasteiger partial charge < -0.3 is 14.7 Å². The molecular weight excluding hydrogens is 356 g/mol. The van der Waals surface area contributed by atoms with Crippen LogP contribution in [0.4, 0.5) is 13.6 Å². The van der Waals surface area contributed by atoms with Crippen molar-refractivity contribution in [3.05, 3.63) is 59.7 Å². The Bertz CT molecular complexity index is 862. The van der Waals surface area contributed by atoms with E-state index in [2.05, 4.69) is 5.10 Å². The highest BCUT2D eigenvalue weighted by Crippen LogP contribution is 2.31. The lowest BCUT2D eigenvalue weighted by Gasteiger charge is -2.41. The van der Waals surface area contributed by atoms with Crippen LogP contribution in [0.3, 0.4) is 0 Å². The van der Waals surface area contributed by atoms with Crippen molar-refractivity contribution in [2.45, 2.75) is 18.6 Å². The van der Waals surface area contributed by atoms with E-state index in [9.17, 15) is 18.7 Å². The highest BCUT2D eigenvalue weighted by Gasteiger charge is 2.39. The summed E-state index contributed by atoms with van der Waals surface area (Å²) >= 11 is 0. The molecule has 0 spiro atoms. The number of phenolic OH excluding ortho intramolecular Hbond substituents is 1. The van der Waals surface area contributed by atoms with E-state index < -0.39 is 17.7 Å². The molecule has 6 nitrogen and oxygen atoms in total. The first kappa shape index (κ1) is 17.3. The topological polar surface area (TPSA) is 65.4 Å². The number of carbonyl (C=O) groups is 1. The van der Waals surface area contributed by atoms with Gasteiger partial charge >= 0.3 is 6.03 Å². The highest BCUT2D eigenvalue weighted by atomic mass is 19.1. The lowest BCUT2D eigenvalue weighted by atomic mass is 10.0. The zero-order valence-electron chi connectivity index (χ0n) is 14.3. The second-order valence-corrected chi connectivity index (χ2v) is 6.52. The summed E-state index contributed by atoms with van der Waals surface area (Å²) in [5.74, 6) is -0.608. The molecule has 27 heavy (non-hydrogen) atoms. The largest absolute Gasteiger partial charge is 0.508 e. The SMILES string of the molecule is O=C(N1CC(Oc2ccc(O)cc2)C1)N1N=CC[C@H]1c1cc(F)cc(F)c1. The number of nitrogens with zero attached hydrogens (tertiary/aromatic N) is 3. The molecule has 2 aromatic carbocycles. The van der Waals surface area contributed by atoms with Gasteiger partial charge in [0, 0.05) is 18.7 Å². The number of rotatable bonds is 3. The summed E-state index contributed by atoms with van der Waals surface area (Å²) in [6.07, 6.45) is 1.81. The van der Waals surface area contributed by atoms with Crippen molar-refractivity contribution < 1.29 is 23.4 Å². The normalized spacial score (nSPS) is 19.3. The first-order valence-corrected chi connectivity index (χ1v) is 8.52. The third-order valence-corrected chi connectivity index (χ3v) is 4.55. The number of aromatic hydroxyl groups is 1. The minimum atomic E-state index is -0.685. The molecule has 2 heterocycles. The minimum Gasteiger partial charge on any atom is -0.508 e. The zero-order chi connectivity index (χ0) is 19.0. The maximum atomic E-state index is 13.5. The van der Waals surface area contributed by atoms with Gasteiger partial charge in [0.25, 0.3) is 0 Å². The van der Waals surface area contributed by atoms with Gasteiger partial charge in [0.1, 0.15) is 29.2 Å². The Morgan fingerprint density at radius 1 is 1.11 bits per heavy atom. The minimum absolute atomic E-state index is 0.152. The first-order valence-electron chi connectivity index (χ1n) is 8.52. The van der Waals surface area contributed by atoms with Crippen molar-refractivity contribution in [2.75, 3.05) is 13.1 Å². The predicted octanol–water partition coefficient (Wildman–Crippen LogP) is 3.29. The van der Waals surface area contributed by atoms with E-state index in [1.54, 1.807) is 23.2 Å². The molecule has 8 heteroatoms. The number of benzene rings is 2. The van der Waals surface area contributed by atoms with E-state index in [4.69, 9.17) is 4.74 Å². The molecule has 1 fully saturated rings. The quantitative estimate of drug-likeness (QED) is 0.898. The Hall–Kier alpha value is -3.16. The molecular formula is C19H17F2N3O3. The molecule has 2 aromatic rings. The Morgan fingerprint density at radius 2 is 1.78 bits per heavy atom. The van der Waals surface area contributed by atoms with Crippen LogP contribution in [-0.4, -0.2) is 46.5 Å². The van der Waals surface area contributed by atoms with E-state index in [0.717, 1.165) is 6.07 Å². The van der Waals surface area contributed by atoms with Crippen molar-refractivity contribution in [3.8, 4) is 11.5 Å². The van der Waals surface area contributed by atoms with Gasteiger partial charge in [-0.15, -0.1) is 0 Å². The van der Waals surface area contributed by atoms with Gasteiger partial charge in [0.2, 0.25) is 0 Å². The fourth-order valence-electron chi connectivity index (χ4n) is 3.17. The van der Waals surface area contributed by atoms with Crippen LogP contribution in [0.5, 0.6) is 11.5 Å². The van der Waals surface area contributed by atoms with Crippen LogP contribution in [0, 0.1) is 11.6 Å². The van der Waals surface area contributed by atoms with Crippen LogP contribution in [-0.2, 0) is 0 Å². The van der Waals surface area contributed by atoms with Gasteiger partial charge in [-0.3, -0.25) is 0 Å². The Kier molecular flexibility index (Phi) is 4.39. The average Bonchev–Trinajstić information content (AvgIpc) is 3.08. The summed E-state index contributed by atoms with van der Waals surface area (Å²) in [6, 6.07) is 8.73. The van der Waals surface area contributed by atoms with Crippen LogP contribution < -0.4 is 4.74 Å². The van der Waals surface area contributed by atoms with Crippen molar-refractivity contribution >= 4 is 12.2 Å². The molecule has 2 amide bonds. The van der Waals surface area contributed by atoms with Crippen LogP contribution >= 0.6 is 0 Å². The number of hydrazone groups is 1. The second-order valence-electron chi connectivity index (χ2n) is 6.52. The lowest BCUT2D eigenvalue weighted by Crippen LogP contribution is -2.58. The summed E-state index contributed by atoms with van der Waals surface area (Å²) in [4.78, 5) is 14.3. The first-order chi connectivity index (χ1) is 13.0. The number of halogens is 2. The van der Waals surface area contributed by atoms with E-state index >= 15 is 0 Å². The van der Waals surface area contributed by atoms with Crippen LogP contribution in [0.15, 0.2) is 47.6 Å². The predicted molar refractivity (Wildman–Crippen MR) is 93.5 cm³/mol. The molecule has 0 aromatic heterocycles. The molecule has 2 aliphatic rings. The molecule has 1 saturated heterocycles. The van der Waals surface area contributed by atoms with Crippen LogP contribution in [0.2, 0.25) is 0 Å². The summed E-state index contributed by atoms with van der Waals surface area (Å²) in [5, 5.41) is 14.6. The average molecular weight is 373 g/mol. The van der Waals surface area contributed by atoms with E-state index in [0.29, 0.717) is 30.8 Å². The Morgan fingerprint density at radius 3 is 2.44 bits per heavy atom. The molecule has 0 unspecified atom stereocenters. The van der Waals surface area contributed by atoms with E-state index in [1.807, 2.05) is 0 Å². The maximum absolute atomic E-state index is 13.5. The molecule has 0 radical (unpaired) electrons. The molecule has 0 aliphatic carbocycles. The molecule has 2 aliphatic heterocycles. The molecule has 4 rings (SSSR count). The smallest absolute Gasteiger partial charge is 0.341 e. The van der Waals surface area contributed by atoms with Crippen molar-refractivity contribution in [2.24, 2.45) is 5.10 Å². The van der Waals surface area contributed by atoms with Gasteiger partial charge in [0.15, 0.2) is 0 Å². The Balaban J connectivity index is 1.38. The van der Waals surface area contributed by atoms with E-state index in [1.165, 1.54) is 29.3 Å². The summed E-state index contributed by atoms with van der Waals surface area (Å²) in [7, 11) is 0. The third kappa shape index (κ3) is 3.55. The fourth-order valence-corrected chi connectivity index (χ4v) is 3.17. The number of hydrogen-bond donors (Lipinski definition) is 1. The Labute approximate surface area is 154 Å². The zero-order valence-corrected chi connectivity index (χ0v) is 14.3. The molecule has 0 saturated carbocycles. The van der Waals surface area contributed by atoms with Gasteiger partial charge in [-0.2, -0.15) is 5.10 Å². The summed E-state index contributed by atoms with van der Waals surface area (Å²) < 4.78 is 32.7. The maximum Gasteiger partial charge on any atom is 0.341 e. The second kappa shape index (κ2) is 6.86. The van der Waals surface area contributed by atoms with Gasteiger partial charge in [-0.05, 0) is 42.0 Å². The summed E-state index contributed by atoms with van der Waals surface area (Å²) in [6.45, 7) is 0.770. The van der Waals surface area contributed by atoms with Crippen LogP contribution in [0.25, 0.3) is 0 Å². The number of phenols is 1. The third-order valence-electron chi connectivity index (χ3n) is 4.55. The number of amides is 2. The molecule has 1 atom stereocenters. The van der Waals surface area contributed by atoms with Gasteiger partial charge in [-0.25, -0.2) is 18.6 Å². The number of carbonyl (C=O) groups excluding carboxylic acids is 1. The molecule has 1 N–H and O–H groups in total. The van der Waals surface area contributed by atoms with Crippen molar-refractivity contribution in [1.82, 2.24) is 9.91 Å². The van der Waals surface area contributed by atoms with Gasteiger partial charge in [0.05, 0.1) is 19.1 Å². The molecule has 0 bridgehead atoms. The highest BCUT2D eigenvalue weighted by molar-refractivity contribution is 5.79. The monoisotopic (exact) mass is 373 g/mol. The number of ether oxygens (including phenoxy) is 1. The standard InChI is InChI=1S/C19H17F2N3O3/c20-13-7-12(8-14(21)9-13)18-5-6-22-24(18)19(26)23-10-17(11-23)27-16-3-1-15(25)2-4-16/h1-4,6-9,17-18,25H,5,10-11H2/t18-/m0/s1. The molecule has 140 valence electrons. The van der Waals surface area contributed by atoms with Gasteiger partial charge in [-0.1, -0.05) is 0 Å². The van der Waals surface area contributed by atoms with Crippen LogP contribution in [0.1, 0.15) is 18.0 Å². The summed E-state index contributed by atoms with van der Waals surface area (Å²) in [5.41, 5.74) is 0.371.